The molecule has 1 aromatic heterocycles. The highest BCUT2D eigenvalue weighted by Crippen LogP contribution is 2.19. The van der Waals surface area contributed by atoms with Crippen LogP contribution < -0.4 is 0 Å². The summed E-state index contributed by atoms with van der Waals surface area (Å²) in [5, 5.41) is 8.65. The first-order valence-electron chi connectivity index (χ1n) is 4.71. The van der Waals surface area contributed by atoms with Gasteiger partial charge in [0, 0.05) is 0 Å². The van der Waals surface area contributed by atoms with Crippen molar-refractivity contribution < 1.29 is 19.1 Å². The van der Waals surface area contributed by atoms with Crippen molar-refractivity contribution in [3.05, 3.63) is 35.8 Å². The predicted octanol–water partition coefficient (Wildman–Crippen LogP) is 2.63. The van der Waals surface area contributed by atoms with Gasteiger partial charge in [-0.3, -0.25) is 0 Å². The van der Waals surface area contributed by atoms with E-state index < -0.39 is 5.97 Å². The Hall–Kier alpha value is -1.55. The molecule has 1 aromatic rings. The molecular weight excluding hydrogens is 196 g/mol. The number of ether oxygens (including phenoxy) is 1. The van der Waals surface area contributed by atoms with Gasteiger partial charge in [-0.05, 0) is 26.0 Å². The lowest BCUT2D eigenvalue weighted by Crippen LogP contribution is -1.99. The Balaban J connectivity index is 2.57. The van der Waals surface area contributed by atoms with Gasteiger partial charge in [0.2, 0.25) is 5.76 Å². The second-order valence-corrected chi connectivity index (χ2v) is 3.05. The Morgan fingerprint density at radius 2 is 2.40 bits per heavy atom. The normalized spacial score (nSPS) is 13.2. The van der Waals surface area contributed by atoms with Crippen molar-refractivity contribution in [1.82, 2.24) is 0 Å². The Bertz CT molecular complexity index is 351. The fourth-order valence-corrected chi connectivity index (χ4v) is 1.06. The summed E-state index contributed by atoms with van der Waals surface area (Å²) in [4.78, 5) is 10.6. The largest absolute Gasteiger partial charge is 0.475 e. The quantitative estimate of drug-likeness (QED) is 0.759. The zero-order chi connectivity index (χ0) is 11.3. The molecule has 0 aliphatic rings. The Morgan fingerprint density at radius 3 is 2.93 bits per heavy atom. The van der Waals surface area contributed by atoms with Crippen LogP contribution in [0.15, 0.2) is 28.7 Å². The lowest BCUT2D eigenvalue weighted by atomic mass is 10.3. The monoisotopic (exact) mass is 210 g/mol. The highest BCUT2D eigenvalue weighted by molar-refractivity contribution is 5.84. The average Bonchev–Trinajstić information content (AvgIpc) is 2.66. The molecular formula is C11H14O4. The van der Waals surface area contributed by atoms with E-state index in [4.69, 9.17) is 14.3 Å². The van der Waals surface area contributed by atoms with Crippen molar-refractivity contribution in [1.29, 1.82) is 0 Å². The van der Waals surface area contributed by atoms with Crippen LogP contribution in [0.5, 0.6) is 0 Å². The summed E-state index contributed by atoms with van der Waals surface area (Å²) < 4.78 is 10.5. The number of rotatable bonds is 5. The van der Waals surface area contributed by atoms with E-state index in [1.165, 1.54) is 6.07 Å². The molecule has 4 heteroatoms. The van der Waals surface area contributed by atoms with Gasteiger partial charge >= 0.3 is 5.97 Å². The fourth-order valence-electron chi connectivity index (χ4n) is 1.06. The third-order valence-electron chi connectivity index (χ3n) is 1.92. The number of carboxylic acid groups (broad SMARTS) is 1. The molecule has 15 heavy (non-hydrogen) atoms. The lowest BCUT2D eigenvalue weighted by Gasteiger charge is -2.07. The summed E-state index contributed by atoms with van der Waals surface area (Å²) in [6.07, 6.45) is 3.52. The van der Waals surface area contributed by atoms with E-state index in [2.05, 4.69) is 0 Å². The molecule has 0 bridgehead atoms. The van der Waals surface area contributed by atoms with E-state index in [-0.39, 0.29) is 11.9 Å². The van der Waals surface area contributed by atoms with Crippen LogP contribution in [0.3, 0.4) is 0 Å². The number of hydrogen-bond donors (Lipinski definition) is 1. The van der Waals surface area contributed by atoms with Gasteiger partial charge in [0.05, 0.1) is 6.61 Å². The van der Waals surface area contributed by atoms with E-state index in [9.17, 15) is 4.79 Å². The summed E-state index contributed by atoms with van der Waals surface area (Å²) in [5.74, 6) is -0.606. The van der Waals surface area contributed by atoms with Crippen molar-refractivity contribution in [3.63, 3.8) is 0 Å². The van der Waals surface area contributed by atoms with E-state index in [0.717, 1.165) is 0 Å². The molecule has 0 saturated carbocycles. The number of furan rings is 1. The Morgan fingerprint density at radius 1 is 1.67 bits per heavy atom. The van der Waals surface area contributed by atoms with Gasteiger partial charge in [0.25, 0.3) is 0 Å². The Labute approximate surface area is 88.2 Å². The number of carboxylic acids is 1. The minimum atomic E-state index is -1.07. The summed E-state index contributed by atoms with van der Waals surface area (Å²) in [6, 6.07) is 3.04. The first-order valence-corrected chi connectivity index (χ1v) is 4.71. The molecule has 4 nitrogen and oxygen atoms in total. The van der Waals surface area contributed by atoms with Gasteiger partial charge in [0.15, 0.2) is 0 Å². The summed E-state index contributed by atoms with van der Waals surface area (Å²) in [7, 11) is 0. The lowest BCUT2D eigenvalue weighted by molar-refractivity contribution is 0.0599. The SMILES string of the molecule is CC=CCOC(C)c1ccc(C(=O)O)o1. The van der Waals surface area contributed by atoms with E-state index in [0.29, 0.717) is 12.4 Å². The van der Waals surface area contributed by atoms with Crippen molar-refractivity contribution >= 4 is 5.97 Å². The molecule has 82 valence electrons. The molecule has 1 unspecified atom stereocenters. The third-order valence-corrected chi connectivity index (χ3v) is 1.92. The standard InChI is InChI=1S/C11H14O4/c1-3-4-7-14-8(2)9-5-6-10(15-9)11(12)13/h3-6,8H,7H2,1-2H3,(H,12,13). The van der Waals surface area contributed by atoms with Gasteiger partial charge in [-0.2, -0.15) is 0 Å². The molecule has 0 amide bonds. The van der Waals surface area contributed by atoms with Crippen LogP contribution in [-0.4, -0.2) is 17.7 Å². The molecule has 0 spiro atoms. The third kappa shape index (κ3) is 3.25. The fraction of sp³-hybridized carbons (Fsp3) is 0.364. The van der Waals surface area contributed by atoms with Crippen LogP contribution >= 0.6 is 0 Å². The van der Waals surface area contributed by atoms with Crippen LogP contribution in [0.4, 0.5) is 0 Å². The van der Waals surface area contributed by atoms with Crippen LogP contribution in [-0.2, 0) is 4.74 Å². The van der Waals surface area contributed by atoms with Gasteiger partial charge in [-0.1, -0.05) is 12.2 Å². The molecule has 1 rings (SSSR count). The topological polar surface area (TPSA) is 59.7 Å². The van der Waals surface area contributed by atoms with Crippen LogP contribution in [0.2, 0.25) is 0 Å². The van der Waals surface area contributed by atoms with Gasteiger partial charge in [-0.25, -0.2) is 4.79 Å². The maximum atomic E-state index is 10.6. The summed E-state index contributed by atoms with van der Waals surface area (Å²) in [6.45, 7) is 4.21. The van der Waals surface area contributed by atoms with Crippen LogP contribution in [0.1, 0.15) is 36.3 Å². The number of carbonyl (C=O) groups is 1. The van der Waals surface area contributed by atoms with Gasteiger partial charge in [-0.15, -0.1) is 0 Å². The van der Waals surface area contributed by atoms with E-state index >= 15 is 0 Å². The maximum Gasteiger partial charge on any atom is 0.371 e. The number of allylic oxidation sites excluding steroid dienone is 1. The highest BCUT2D eigenvalue weighted by Gasteiger charge is 2.13. The molecule has 0 aromatic carbocycles. The van der Waals surface area contributed by atoms with Crippen molar-refractivity contribution in [2.45, 2.75) is 20.0 Å². The average molecular weight is 210 g/mol. The molecule has 0 radical (unpaired) electrons. The second kappa shape index (κ2) is 5.36. The minimum absolute atomic E-state index is 0.0634. The van der Waals surface area contributed by atoms with Crippen molar-refractivity contribution in [3.8, 4) is 0 Å². The van der Waals surface area contributed by atoms with Crippen LogP contribution in [0.25, 0.3) is 0 Å². The number of hydrogen-bond acceptors (Lipinski definition) is 3. The first kappa shape index (κ1) is 11.5. The predicted molar refractivity (Wildman–Crippen MR) is 54.8 cm³/mol. The zero-order valence-electron chi connectivity index (χ0n) is 8.77. The smallest absolute Gasteiger partial charge is 0.371 e. The first-order chi connectivity index (χ1) is 7.15. The molecule has 1 N–H and O–H groups in total. The molecule has 0 fully saturated rings. The van der Waals surface area contributed by atoms with Gasteiger partial charge < -0.3 is 14.3 Å². The molecule has 1 atom stereocenters. The number of aromatic carboxylic acids is 1. The van der Waals surface area contributed by atoms with E-state index in [1.54, 1.807) is 6.07 Å². The van der Waals surface area contributed by atoms with Crippen LogP contribution in [0, 0.1) is 0 Å². The van der Waals surface area contributed by atoms with E-state index in [1.807, 2.05) is 26.0 Å². The van der Waals surface area contributed by atoms with Gasteiger partial charge in [0.1, 0.15) is 11.9 Å². The van der Waals surface area contributed by atoms with Crippen molar-refractivity contribution in [2.24, 2.45) is 0 Å². The highest BCUT2D eigenvalue weighted by atomic mass is 16.5. The molecule has 1 heterocycles. The molecule has 0 aliphatic carbocycles. The summed E-state index contributed by atoms with van der Waals surface area (Å²) in [5.41, 5.74) is 0. The zero-order valence-corrected chi connectivity index (χ0v) is 8.77. The Kier molecular flexibility index (Phi) is 4.12. The second-order valence-electron chi connectivity index (χ2n) is 3.05. The molecule has 0 saturated heterocycles. The molecule has 0 aliphatic heterocycles. The minimum Gasteiger partial charge on any atom is -0.475 e. The maximum absolute atomic E-state index is 10.6. The van der Waals surface area contributed by atoms with Crippen molar-refractivity contribution in [2.75, 3.05) is 6.61 Å². The summed E-state index contributed by atoms with van der Waals surface area (Å²) >= 11 is 0.